The van der Waals surface area contributed by atoms with E-state index in [2.05, 4.69) is 15.7 Å². The Kier molecular flexibility index (Phi) is 6.04. The number of rotatable bonds is 8. The third-order valence-electron chi connectivity index (χ3n) is 10.2. The second kappa shape index (κ2) is 9.19. The highest BCUT2D eigenvalue weighted by Crippen LogP contribution is 2.67. The Balaban J connectivity index is 1.32. The van der Waals surface area contributed by atoms with Crippen molar-refractivity contribution in [1.29, 1.82) is 0 Å². The van der Waals surface area contributed by atoms with Crippen molar-refractivity contribution in [2.24, 2.45) is 5.92 Å². The molecule has 3 fully saturated rings. The maximum Gasteiger partial charge on any atom is 0.303 e. The van der Waals surface area contributed by atoms with E-state index >= 15 is 0 Å². The van der Waals surface area contributed by atoms with E-state index in [4.69, 9.17) is 14.2 Å². The SMILES string of the molecule is COc1ccc2c3c1O[C@H]1[C@@H](NS(=O)(=O)Cc4ccccc4C)CC[C@@]4(OC(C)=O)[C@@H](C2)N(CC2CC2)CC[C@]314. The van der Waals surface area contributed by atoms with Crippen molar-refractivity contribution in [2.75, 3.05) is 20.2 Å². The topological polar surface area (TPSA) is 94.2 Å². The predicted molar refractivity (Wildman–Crippen MR) is 150 cm³/mol. The first-order valence-electron chi connectivity index (χ1n) is 14.5. The average Bonchev–Trinajstić information content (AvgIpc) is 3.65. The summed E-state index contributed by atoms with van der Waals surface area (Å²) in [6, 6.07) is 11.2. The van der Waals surface area contributed by atoms with Gasteiger partial charge in [0.2, 0.25) is 10.0 Å². The molecule has 1 saturated heterocycles. The van der Waals surface area contributed by atoms with Gasteiger partial charge in [0.1, 0.15) is 11.7 Å². The quantitative estimate of drug-likeness (QED) is 0.488. The molecule has 2 bridgehead atoms. The van der Waals surface area contributed by atoms with Crippen LogP contribution in [0.25, 0.3) is 0 Å². The first kappa shape index (κ1) is 26.3. The molecule has 5 aliphatic rings. The van der Waals surface area contributed by atoms with E-state index in [1.54, 1.807) is 7.11 Å². The molecule has 2 aromatic rings. The molecule has 0 aromatic heterocycles. The van der Waals surface area contributed by atoms with Crippen molar-refractivity contribution >= 4 is 16.0 Å². The minimum atomic E-state index is -3.68. The van der Waals surface area contributed by atoms with Crippen LogP contribution < -0.4 is 14.2 Å². The molecule has 2 aromatic carbocycles. The highest BCUT2D eigenvalue weighted by molar-refractivity contribution is 7.88. The number of hydrogen-bond acceptors (Lipinski definition) is 7. The molecule has 0 radical (unpaired) electrons. The summed E-state index contributed by atoms with van der Waals surface area (Å²) in [5.74, 6) is 1.64. The van der Waals surface area contributed by atoms with E-state index in [1.165, 1.54) is 25.3 Å². The number of sulfonamides is 1. The molecule has 2 aliphatic heterocycles. The van der Waals surface area contributed by atoms with Gasteiger partial charge in [-0.25, -0.2) is 13.1 Å². The minimum Gasteiger partial charge on any atom is -0.493 e. The zero-order chi connectivity index (χ0) is 27.9. The van der Waals surface area contributed by atoms with Gasteiger partial charge < -0.3 is 14.2 Å². The number of aryl methyl sites for hydroxylation is 1. The molecule has 8 nitrogen and oxygen atoms in total. The number of benzene rings is 2. The first-order chi connectivity index (χ1) is 19.2. The van der Waals surface area contributed by atoms with Crippen LogP contribution in [0.3, 0.4) is 0 Å². The van der Waals surface area contributed by atoms with Crippen LogP contribution in [0, 0.1) is 12.8 Å². The lowest BCUT2D eigenvalue weighted by Crippen LogP contribution is -2.79. The summed E-state index contributed by atoms with van der Waals surface area (Å²) < 4.78 is 49.3. The summed E-state index contributed by atoms with van der Waals surface area (Å²) in [7, 11) is -2.05. The van der Waals surface area contributed by atoms with E-state index < -0.39 is 33.2 Å². The first-order valence-corrected chi connectivity index (χ1v) is 16.2. The minimum absolute atomic E-state index is 0.0215. The summed E-state index contributed by atoms with van der Waals surface area (Å²) in [4.78, 5) is 15.4. The standard InChI is InChI=1S/C31H38N2O6S/c1-19-6-4-5-7-23(19)18-40(35,36)32-24-12-13-31(39-20(2)34)26-16-22-10-11-25(37-3)28-27(22)30(31,29(24)38-28)14-15-33(26)17-21-8-9-21/h4-7,10-11,21,24,26,29,32H,8-9,12-18H2,1-3H3/t24-,26+,29-,30-,31+/m0/s1. The van der Waals surface area contributed by atoms with Gasteiger partial charge in [0.25, 0.3) is 0 Å². The van der Waals surface area contributed by atoms with Crippen LogP contribution in [-0.4, -0.2) is 63.3 Å². The fraction of sp³-hybridized carbons (Fsp3) is 0.581. The van der Waals surface area contributed by atoms with Gasteiger partial charge in [-0.2, -0.15) is 0 Å². The molecule has 1 spiro atoms. The van der Waals surface area contributed by atoms with Crippen LogP contribution in [0.4, 0.5) is 0 Å². The Hall–Kier alpha value is -2.62. The van der Waals surface area contributed by atoms with Crippen LogP contribution in [0.2, 0.25) is 0 Å². The summed E-state index contributed by atoms with van der Waals surface area (Å²) in [6.07, 6.45) is 4.60. The molecule has 9 heteroatoms. The van der Waals surface area contributed by atoms with Gasteiger partial charge in [0.15, 0.2) is 11.5 Å². The molecule has 214 valence electrons. The Morgan fingerprint density at radius 2 is 1.95 bits per heavy atom. The lowest BCUT2D eigenvalue weighted by molar-refractivity contribution is -0.218. The van der Waals surface area contributed by atoms with Gasteiger partial charge in [-0.05, 0) is 80.7 Å². The third kappa shape index (κ3) is 3.84. The number of methoxy groups -OCH3 is 1. The van der Waals surface area contributed by atoms with Gasteiger partial charge >= 0.3 is 5.97 Å². The molecule has 7 rings (SSSR count). The molecular weight excluding hydrogens is 528 g/mol. The van der Waals surface area contributed by atoms with Crippen molar-refractivity contribution in [3.63, 3.8) is 0 Å². The largest absolute Gasteiger partial charge is 0.493 e. The van der Waals surface area contributed by atoms with Crippen LogP contribution in [0.15, 0.2) is 36.4 Å². The third-order valence-corrected chi connectivity index (χ3v) is 11.5. The van der Waals surface area contributed by atoms with Crippen molar-refractivity contribution in [1.82, 2.24) is 9.62 Å². The van der Waals surface area contributed by atoms with Crippen LogP contribution in [-0.2, 0) is 37.1 Å². The molecule has 2 heterocycles. The average molecular weight is 567 g/mol. The van der Waals surface area contributed by atoms with Crippen molar-refractivity contribution in [3.05, 3.63) is 58.7 Å². The van der Waals surface area contributed by atoms with E-state index in [0.717, 1.165) is 42.6 Å². The summed E-state index contributed by atoms with van der Waals surface area (Å²) in [5, 5.41) is 0. The number of carbonyl (C=O) groups is 1. The van der Waals surface area contributed by atoms with Crippen molar-refractivity contribution in [3.8, 4) is 11.5 Å². The van der Waals surface area contributed by atoms with E-state index in [9.17, 15) is 13.2 Å². The zero-order valence-corrected chi connectivity index (χ0v) is 24.3. The van der Waals surface area contributed by atoms with Crippen LogP contribution in [0.1, 0.15) is 61.3 Å². The summed E-state index contributed by atoms with van der Waals surface area (Å²) in [6.45, 7) is 5.30. The van der Waals surface area contributed by atoms with Crippen molar-refractivity contribution < 1.29 is 27.4 Å². The van der Waals surface area contributed by atoms with E-state index in [-0.39, 0.29) is 17.8 Å². The zero-order valence-electron chi connectivity index (χ0n) is 23.4. The highest BCUT2D eigenvalue weighted by Gasteiger charge is 2.75. The van der Waals surface area contributed by atoms with E-state index in [1.807, 2.05) is 37.3 Å². The van der Waals surface area contributed by atoms with Gasteiger partial charge in [0.05, 0.1) is 30.4 Å². The maximum atomic E-state index is 13.6. The number of hydrogen-bond donors (Lipinski definition) is 1. The lowest BCUT2D eigenvalue weighted by Gasteiger charge is -2.65. The van der Waals surface area contributed by atoms with Gasteiger partial charge in [-0.1, -0.05) is 30.3 Å². The lowest BCUT2D eigenvalue weighted by atomic mass is 9.48. The summed E-state index contributed by atoms with van der Waals surface area (Å²) >= 11 is 0. The Morgan fingerprint density at radius 1 is 1.15 bits per heavy atom. The van der Waals surface area contributed by atoms with Crippen LogP contribution in [0.5, 0.6) is 11.5 Å². The molecular formula is C31H38N2O6S. The normalized spacial score (nSPS) is 32.2. The highest BCUT2D eigenvalue weighted by atomic mass is 32.2. The predicted octanol–water partition coefficient (Wildman–Crippen LogP) is 3.63. The number of nitrogens with one attached hydrogen (secondary N) is 1. The molecule has 1 N–H and O–H groups in total. The summed E-state index contributed by atoms with van der Waals surface area (Å²) in [5.41, 5.74) is 2.52. The maximum absolute atomic E-state index is 13.6. The second-order valence-corrected chi connectivity index (χ2v) is 14.2. The fourth-order valence-electron chi connectivity index (χ4n) is 8.44. The van der Waals surface area contributed by atoms with E-state index in [0.29, 0.717) is 30.3 Å². The number of carbonyl (C=O) groups excluding carboxylic acids is 1. The molecule has 2 saturated carbocycles. The van der Waals surface area contributed by atoms with Crippen molar-refractivity contribution in [2.45, 2.75) is 87.3 Å². The number of piperidine rings is 1. The number of nitrogens with zero attached hydrogens (tertiary/aromatic N) is 1. The van der Waals surface area contributed by atoms with Crippen LogP contribution >= 0.6 is 0 Å². The Labute approximate surface area is 236 Å². The van der Waals surface area contributed by atoms with Gasteiger partial charge in [-0.3, -0.25) is 9.69 Å². The number of likely N-dealkylation sites (tertiary alicyclic amines) is 1. The molecule has 3 aliphatic carbocycles. The Bertz CT molecular complexity index is 1470. The smallest absolute Gasteiger partial charge is 0.303 e. The molecule has 5 atom stereocenters. The van der Waals surface area contributed by atoms with Gasteiger partial charge in [-0.15, -0.1) is 0 Å². The molecule has 40 heavy (non-hydrogen) atoms. The monoisotopic (exact) mass is 566 g/mol. The van der Waals surface area contributed by atoms with Gasteiger partial charge in [0, 0.05) is 19.0 Å². The Morgan fingerprint density at radius 3 is 2.67 bits per heavy atom. The molecule has 0 amide bonds. The number of esters is 1. The second-order valence-electron chi connectivity index (χ2n) is 12.5. The fourth-order valence-corrected chi connectivity index (χ4v) is 9.96. The number of ether oxygens (including phenoxy) is 3. The molecule has 0 unspecified atom stereocenters.